The average Bonchev–Trinajstić information content (AvgIpc) is 2.65. The standard InChI is InChI=1S/C16H16O2/c1-16(2,3)18-11-8-9-15-13(10-11)12-6-4-5-7-14(12)17-15/h4-10H,1-3H3. The summed E-state index contributed by atoms with van der Waals surface area (Å²) in [5, 5.41) is 2.24. The van der Waals surface area contributed by atoms with Crippen LogP contribution in [0.1, 0.15) is 20.8 Å². The maximum Gasteiger partial charge on any atom is 0.135 e. The normalized spacial score (nSPS) is 12.2. The summed E-state index contributed by atoms with van der Waals surface area (Å²) in [7, 11) is 0. The Kier molecular flexibility index (Phi) is 2.34. The predicted octanol–water partition coefficient (Wildman–Crippen LogP) is 4.76. The van der Waals surface area contributed by atoms with E-state index in [0.29, 0.717) is 0 Å². The molecule has 92 valence electrons. The predicted molar refractivity (Wildman–Crippen MR) is 74.1 cm³/mol. The minimum atomic E-state index is -0.187. The number of benzene rings is 2. The quantitative estimate of drug-likeness (QED) is 0.611. The minimum Gasteiger partial charge on any atom is -0.488 e. The van der Waals surface area contributed by atoms with Crippen molar-refractivity contribution in [3.63, 3.8) is 0 Å². The van der Waals surface area contributed by atoms with E-state index in [4.69, 9.17) is 9.15 Å². The summed E-state index contributed by atoms with van der Waals surface area (Å²) in [6.07, 6.45) is 0. The molecule has 1 aromatic heterocycles. The molecule has 0 unspecified atom stereocenters. The van der Waals surface area contributed by atoms with E-state index in [2.05, 4.69) is 6.07 Å². The van der Waals surface area contributed by atoms with Gasteiger partial charge in [0, 0.05) is 10.8 Å². The van der Waals surface area contributed by atoms with Gasteiger partial charge in [-0.1, -0.05) is 18.2 Å². The van der Waals surface area contributed by atoms with Crippen molar-refractivity contribution in [3.05, 3.63) is 42.5 Å². The first kappa shape index (κ1) is 11.1. The first-order valence-electron chi connectivity index (χ1n) is 6.13. The topological polar surface area (TPSA) is 22.4 Å². The van der Waals surface area contributed by atoms with Gasteiger partial charge in [-0.25, -0.2) is 0 Å². The highest BCUT2D eigenvalue weighted by molar-refractivity contribution is 6.05. The Bertz CT molecular complexity index is 702. The van der Waals surface area contributed by atoms with E-state index in [9.17, 15) is 0 Å². The molecule has 0 N–H and O–H groups in total. The minimum absolute atomic E-state index is 0.187. The van der Waals surface area contributed by atoms with Crippen LogP contribution in [0.2, 0.25) is 0 Å². The smallest absolute Gasteiger partial charge is 0.135 e. The van der Waals surface area contributed by atoms with Crippen molar-refractivity contribution in [2.45, 2.75) is 26.4 Å². The second kappa shape index (κ2) is 3.77. The van der Waals surface area contributed by atoms with E-state index in [-0.39, 0.29) is 5.60 Å². The van der Waals surface area contributed by atoms with E-state index >= 15 is 0 Å². The number of ether oxygens (including phenoxy) is 1. The zero-order valence-corrected chi connectivity index (χ0v) is 10.9. The average molecular weight is 240 g/mol. The lowest BCUT2D eigenvalue weighted by Crippen LogP contribution is -2.22. The van der Waals surface area contributed by atoms with Crippen LogP contribution in [0.4, 0.5) is 0 Å². The van der Waals surface area contributed by atoms with Crippen LogP contribution in [0.3, 0.4) is 0 Å². The Labute approximate surface area is 106 Å². The molecule has 2 nitrogen and oxygen atoms in total. The highest BCUT2D eigenvalue weighted by Gasteiger charge is 2.13. The molecule has 0 saturated carbocycles. The van der Waals surface area contributed by atoms with Crippen molar-refractivity contribution in [3.8, 4) is 5.75 Å². The largest absolute Gasteiger partial charge is 0.488 e. The summed E-state index contributed by atoms with van der Waals surface area (Å²) in [5.41, 5.74) is 1.63. The van der Waals surface area contributed by atoms with E-state index < -0.39 is 0 Å². The van der Waals surface area contributed by atoms with Gasteiger partial charge in [-0.2, -0.15) is 0 Å². The fourth-order valence-corrected chi connectivity index (χ4v) is 2.12. The zero-order chi connectivity index (χ0) is 12.8. The monoisotopic (exact) mass is 240 g/mol. The number of para-hydroxylation sites is 1. The van der Waals surface area contributed by atoms with Crippen LogP contribution in [0.5, 0.6) is 5.75 Å². The van der Waals surface area contributed by atoms with Gasteiger partial charge in [0.15, 0.2) is 0 Å². The van der Waals surface area contributed by atoms with Crippen molar-refractivity contribution >= 4 is 21.9 Å². The molecule has 3 rings (SSSR count). The van der Waals surface area contributed by atoms with Gasteiger partial charge in [-0.05, 0) is 45.0 Å². The van der Waals surface area contributed by atoms with Gasteiger partial charge in [0.1, 0.15) is 22.5 Å². The Morgan fingerprint density at radius 1 is 0.889 bits per heavy atom. The van der Waals surface area contributed by atoms with E-state index in [0.717, 1.165) is 27.7 Å². The third-order valence-electron chi connectivity index (χ3n) is 2.77. The molecule has 0 atom stereocenters. The van der Waals surface area contributed by atoms with Gasteiger partial charge in [-0.3, -0.25) is 0 Å². The molecule has 0 amide bonds. The van der Waals surface area contributed by atoms with E-state index in [1.807, 2.05) is 57.2 Å². The molecule has 3 aromatic rings. The number of rotatable bonds is 1. The first-order valence-corrected chi connectivity index (χ1v) is 6.13. The lowest BCUT2D eigenvalue weighted by Gasteiger charge is -2.21. The van der Waals surface area contributed by atoms with Crippen LogP contribution in [-0.4, -0.2) is 5.60 Å². The van der Waals surface area contributed by atoms with Gasteiger partial charge in [0.2, 0.25) is 0 Å². The molecule has 0 aliphatic heterocycles. The summed E-state index contributed by atoms with van der Waals surface area (Å²) >= 11 is 0. The highest BCUT2D eigenvalue weighted by Crippen LogP contribution is 2.32. The molecule has 0 spiro atoms. The Balaban J connectivity index is 2.18. The van der Waals surface area contributed by atoms with Crippen molar-refractivity contribution in [2.75, 3.05) is 0 Å². The van der Waals surface area contributed by atoms with Crippen LogP contribution in [0.15, 0.2) is 46.9 Å². The number of hydrogen-bond acceptors (Lipinski definition) is 2. The molecular formula is C16H16O2. The molecule has 2 aromatic carbocycles. The first-order chi connectivity index (χ1) is 8.53. The fourth-order valence-electron chi connectivity index (χ4n) is 2.12. The van der Waals surface area contributed by atoms with Crippen molar-refractivity contribution in [2.24, 2.45) is 0 Å². The third kappa shape index (κ3) is 1.94. The Morgan fingerprint density at radius 2 is 1.61 bits per heavy atom. The molecule has 0 aliphatic carbocycles. The van der Waals surface area contributed by atoms with Crippen molar-refractivity contribution in [1.29, 1.82) is 0 Å². The SMILES string of the molecule is CC(C)(C)Oc1ccc2oc3ccccc3c2c1. The van der Waals surface area contributed by atoms with Crippen LogP contribution < -0.4 is 4.74 Å². The molecule has 0 radical (unpaired) electrons. The van der Waals surface area contributed by atoms with Gasteiger partial charge < -0.3 is 9.15 Å². The molecule has 0 aliphatic rings. The summed E-state index contributed by atoms with van der Waals surface area (Å²) in [6, 6.07) is 14.0. The summed E-state index contributed by atoms with van der Waals surface area (Å²) in [4.78, 5) is 0. The van der Waals surface area contributed by atoms with Crippen molar-refractivity contribution < 1.29 is 9.15 Å². The van der Waals surface area contributed by atoms with Gasteiger partial charge in [0.05, 0.1) is 0 Å². The van der Waals surface area contributed by atoms with Crippen molar-refractivity contribution in [1.82, 2.24) is 0 Å². The molecule has 0 saturated heterocycles. The highest BCUT2D eigenvalue weighted by atomic mass is 16.5. The Morgan fingerprint density at radius 3 is 2.39 bits per heavy atom. The molecular weight excluding hydrogens is 224 g/mol. The Hall–Kier alpha value is -1.96. The van der Waals surface area contributed by atoms with E-state index in [1.165, 1.54) is 0 Å². The number of furan rings is 1. The van der Waals surface area contributed by atoms with Gasteiger partial charge >= 0.3 is 0 Å². The van der Waals surface area contributed by atoms with Crippen LogP contribution in [0, 0.1) is 0 Å². The lowest BCUT2D eigenvalue weighted by atomic mass is 10.1. The van der Waals surface area contributed by atoms with E-state index in [1.54, 1.807) is 0 Å². The molecule has 2 heteroatoms. The maximum absolute atomic E-state index is 5.89. The zero-order valence-electron chi connectivity index (χ0n) is 10.9. The number of fused-ring (bicyclic) bond motifs is 3. The van der Waals surface area contributed by atoms with Crippen LogP contribution >= 0.6 is 0 Å². The maximum atomic E-state index is 5.89. The molecule has 18 heavy (non-hydrogen) atoms. The molecule has 0 fully saturated rings. The molecule has 0 bridgehead atoms. The lowest BCUT2D eigenvalue weighted by molar-refractivity contribution is 0.131. The molecule has 1 heterocycles. The second-order valence-electron chi connectivity index (χ2n) is 5.47. The summed E-state index contributed by atoms with van der Waals surface area (Å²) in [6.45, 7) is 6.14. The third-order valence-corrected chi connectivity index (χ3v) is 2.77. The van der Waals surface area contributed by atoms with Crippen LogP contribution in [0.25, 0.3) is 21.9 Å². The van der Waals surface area contributed by atoms with Gasteiger partial charge in [-0.15, -0.1) is 0 Å². The van der Waals surface area contributed by atoms with Gasteiger partial charge in [0.25, 0.3) is 0 Å². The summed E-state index contributed by atoms with van der Waals surface area (Å²) < 4.78 is 11.7. The number of hydrogen-bond donors (Lipinski definition) is 0. The summed E-state index contributed by atoms with van der Waals surface area (Å²) in [5.74, 6) is 0.876. The fraction of sp³-hybridized carbons (Fsp3) is 0.250. The van der Waals surface area contributed by atoms with Crippen LogP contribution in [-0.2, 0) is 0 Å². The second-order valence-corrected chi connectivity index (χ2v) is 5.47.